The Bertz CT molecular complexity index is 778. The Balaban J connectivity index is 1.89. The summed E-state index contributed by atoms with van der Waals surface area (Å²) in [5, 5.41) is 17.6. The van der Waals surface area contributed by atoms with E-state index in [1.54, 1.807) is 30.3 Å². The van der Waals surface area contributed by atoms with Crippen LogP contribution in [-0.2, 0) is 4.79 Å². The van der Waals surface area contributed by atoms with E-state index >= 15 is 0 Å². The fourth-order valence-electron chi connectivity index (χ4n) is 1.85. The Morgan fingerprint density at radius 2 is 1.79 bits per heavy atom. The van der Waals surface area contributed by atoms with Gasteiger partial charge in [-0.1, -0.05) is 28.1 Å². The van der Waals surface area contributed by atoms with Crippen molar-refractivity contribution < 1.29 is 19.4 Å². The van der Waals surface area contributed by atoms with Crippen LogP contribution in [0.15, 0.2) is 58.6 Å². The van der Waals surface area contributed by atoms with Gasteiger partial charge in [0.05, 0.1) is 0 Å². The summed E-state index contributed by atoms with van der Waals surface area (Å²) in [6, 6.07) is 16.0. The quantitative estimate of drug-likeness (QED) is 0.442. The fraction of sp³-hybridized carbons (Fsp3) is 0.111. The maximum atomic E-state index is 10.8. The van der Waals surface area contributed by atoms with Gasteiger partial charge in [-0.25, -0.2) is 4.79 Å². The molecule has 2 aromatic carbocycles. The van der Waals surface area contributed by atoms with Crippen molar-refractivity contribution in [3.8, 4) is 17.6 Å². The first-order valence-electron chi connectivity index (χ1n) is 7.05. The van der Waals surface area contributed by atoms with Crippen LogP contribution in [0.5, 0.6) is 11.5 Å². The first-order chi connectivity index (χ1) is 11.6. The van der Waals surface area contributed by atoms with E-state index < -0.39 is 5.97 Å². The molecule has 0 atom stereocenters. The van der Waals surface area contributed by atoms with Crippen LogP contribution in [0.4, 0.5) is 0 Å². The molecule has 0 radical (unpaired) electrons. The number of halogens is 1. The van der Waals surface area contributed by atoms with E-state index in [1.165, 1.54) is 6.08 Å². The van der Waals surface area contributed by atoms with Gasteiger partial charge in [0.2, 0.25) is 0 Å². The summed E-state index contributed by atoms with van der Waals surface area (Å²) in [5.41, 5.74) is 0.256. The predicted molar refractivity (Wildman–Crippen MR) is 92.8 cm³/mol. The molecule has 0 aliphatic rings. The number of hydrogen-bond donors (Lipinski definition) is 1. The highest BCUT2D eigenvalue weighted by Gasteiger charge is 2.06. The molecule has 0 saturated carbocycles. The second-order valence-corrected chi connectivity index (χ2v) is 5.61. The molecule has 0 aliphatic heterocycles. The lowest BCUT2D eigenvalue weighted by Gasteiger charge is -2.09. The third-order valence-electron chi connectivity index (χ3n) is 2.95. The highest BCUT2D eigenvalue weighted by atomic mass is 79.9. The van der Waals surface area contributed by atoms with Gasteiger partial charge in [0.25, 0.3) is 0 Å². The molecule has 5 nitrogen and oxygen atoms in total. The number of carboxylic acids is 1. The molecule has 2 aromatic rings. The van der Waals surface area contributed by atoms with Crippen molar-refractivity contribution in [3.05, 3.63) is 64.1 Å². The minimum Gasteiger partial charge on any atom is -0.490 e. The zero-order valence-corrected chi connectivity index (χ0v) is 14.2. The first-order valence-corrected chi connectivity index (χ1v) is 7.84. The van der Waals surface area contributed by atoms with E-state index in [0.717, 1.165) is 10.2 Å². The average molecular weight is 388 g/mol. The largest absolute Gasteiger partial charge is 0.490 e. The third-order valence-corrected chi connectivity index (χ3v) is 3.48. The summed E-state index contributed by atoms with van der Waals surface area (Å²) in [4.78, 5) is 10.8. The van der Waals surface area contributed by atoms with E-state index in [9.17, 15) is 4.79 Å². The molecule has 122 valence electrons. The van der Waals surface area contributed by atoms with Gasteiger partial charge in [-0.05, 0) is 48.0 Å². The molecule has 2 rings (SSSR count). The lowest BCUT2D eigenvalue weighted by molar-refractivity contribution is -0.132. The van der Waals surface area contributed by atoms with E-state index in [0.29, 0.717) is 24.5 Å². The van der Waals surface area contributed by atoms with Crippen LogP contribution in [0, 0.1) is 11.3 Å². The molecule has 0 unspecified atom stereocenters. The molecular formula is C18H14BrNO4. The first kappa shape index (κ1) is 17.6. The average Bonchev–Trinajstić information content (AvgIpc) is 2.58. The highest BCUT2D eigenvalue weighted by molar-refractivity contribution is 9.10. The molecule has 1 N–H and O–H groups in total. The maximum Gasteiger partial charge on any atom is 0.346 e. The number of ether oxygens (including phenoxy) is 2. The number of carbonyl (C=O) groups is 1. The summed E-state index contributed by atoms with van der Waals surface area (Å²) < 4.78 is 12.1. The van der Waals surface area contributed by atoms with Gasteiger partial charge in [0, 0.05) is 4.47 Å². The molecule has 0 bridgehead atoms. The summed E-state index contributed by atoms with van der Waals surface area (Å²) in [5.74, 6) is 0.0659. The van der Waals surface area contributed by atoms with Crippen LogP contribution in [0.25, 0.3) is 6.08 Å². The zero-order chi connectivity index (χ0) is 17.4. The summed E-state index contributed by atoms with van der Waals surface area (Å²) in [6.07, 6.45) is 1.30. The molecule has 0 aliphatic carbocycles. The topological polar surface area (TPSA) is 79.5 Å². The molecule has 0 spiro atoms. The van der Waals surface area contributed by atoms with E-state index in [-0.39, 0.29) is 5.57 Å². The van der Waals surface area contributed by atoms with Gasteiger partial charge in [0.1, 0.15) is 36.4 Å². The Morgan fingerprint density at radius 3 is 2.42 bits per heavy atom. The summed E-state index contributed by atoms with van der Waals surface area (Å²) in [6.45, 7) is 0.716. The number of hydrogen-bond acceptors (Lipinski definition) is 4. The Hall–Kier alpha value is -2.78. The van der Waals surface area contributed by atoms with Gasteiger partial charge in [-0.15, -0.1) is 0 Å². The van der Waals surface area contributed by atoms with E-state index in [1.807, 2.05) is 24.3 Å². The third kappa shape index (κ3) is 5.45. The maximum absolute atomic E-state index is 10.8. The number of benzene rings is 2. The SMILES string of the molecule is N#CC(=Cc1cccc(OCCOc2ccc(Br)cc2)c1)C(=O)O. The molecule has 0 saturated heterocycles. The van der Waals surface area contributed by atoms with Crippen molar-refractivity contribution in [3.63, 3.8) is 0 Å². The summed E-state index contributed by atoms with van der Waals surface area (Å²) in [7, 11) is 0. The number of nitriles is 1. The minimum atomic E-state index is -1.26. The normalized spacial score (nSPS) is 10.8. The van der Waals surface area contributed by atoms with Gasteiger partial charge in [-0.3, -0.25) is 0 Å². The lowest BCUT2D eigenvalue weighted by Crippen LogP contribution is -2.09. The predicted octanol–water partition coefficient (Wildman–Crippen LogP) is 3.90. The van der Waals surface area contributed by atoms with E-state index in [4.69, 9.17) is 19.8 Å². The lowest BCUT2D eigenvalue weighted by atomic mass is 10.1. The second kappa shape index (κ2) is 8.75. The second-order valence-electron chi connectivity index (χ2n) is 4.70. The molecule has 6 heteroatoms. The van der Waals surface area contributed by atoms with Gasteiger partial charge in [0.15, 0.2) is 0 Å². The van der Waals surface area contributed by atoms with Gasteiger partial charge < -0.3 is 14.6 Å². The smallest absolute Gasteiger partial charge is 0.346 e. The van der Waals surface area contributed by atoms with Gasteiger partial charge in [-0.2, -0.15) is 5.26 Å². The van der Waals surface area contributed by atoms with Crippen LogP contribution in [0.2, 0.25) is 0 Å². The molecule has 0 aromatic heterocycles. The number of carboxylic acid groups (broad SMARTS) is 1. The van der Waals surface area contributed by atoms with Crippen LogP contribution in [0.1, 0.15) is 5.56 Å². The van der Waals surface area contributed by atoms with Crippen molar-refractivity contribution in [2.24, 2.45) is 0 Å². The Morgan fingerprint density at radius 1 is 1.12 bits per heavy atom. The van der Waals surface area contributed by atoms with Crippen LogP contribution >= 0.6 is 15.9 Å². The number of rotatable bonds is 7. The Kier molecular flexibility index (Phi) is 6.41. The molecule has 0 heterocycles. The minimum absolute atomic E-state index is 0.328. The number of nitrogens with zero attached hydrogens (tertiary/aromatic N) is 1. The number of aliphatic carboxylic acids is 1. The standard InChI is InChI=1S/C18H14BrNO4/c19-15-4-6-16(7-5-15)23-8-9-24-17-3-1-2-13(11-17)10-14(12-20)18(21)22/h1-7,10-11H,8-9H2,(H,21,22). The molecule has 0 amide bonds. The summed E-state index contributed by atoms with van der Waals surface area (Å²) >= 11 is 3.35. The molecule has 0 fully saturated rings. The zero-order valence-electron chi connectivity index (χ0n) is 12.6. The van der Waals surface area contributed by atoms with Crippen LogP contribution in [-0.4, -0.2) is 24.3 Å². The van der Waals surface area contributed by atoms with Crippen molar-refractivity contribution in [2.45, 2.75) is 0 Å². The molecular weight excluding hydrogens is 374 g/mol. The van der Waals surface area contributed by atoms with Gasteiger partial charge >= 0.3 is 5.97 Å². The fourth-order valence-corrected chi connectivity index (χ4v) is 2.12. The monoisotopic (exact) mass is 387 g/mol. The highest BCUT2D eigenvalue weighted by Crippen LogP contribution is 2.17. The Labute approximate surface area is 147 Å². The van der Waals surface area contributed by atoms with Crippen LogP contribution in [0.3, 0.4) is 0 Å². The van der Waals surface area contributed by atoms with E-state index in [2.05, 4.69) is 15.9 Å². The molecule has 24 heavy (non-hydrogen) atoms. The van der Waals surface area contributed by atoms with Crippen molar-refractivity contribution in [2.75, 3.05) is 13.2 Å². The van der Waals surface area contributed by atoms with Crippen molar-refractivity contribution in [1.29, 1.82) is 5.26 Å². The van der Waals surface area contributed by atoms with Crippen LogP contribution < -0.4 is 9.47 Å². The van der Waals surface area contributed by atoms with Crippen molar-refractivity contribution in [1.82, 2.24) is 0 Å². The van der Waals surface area contributed by atoms with Crippen molar-refractivity contribution >= 4 is 28.0 Å².